The number of nitrogens with one attached hydrogen (secondary N) is 1. The Labute approximate surface area is 125 Å². The third kappa shape index (κ3) is 2.36. The number of amides is 1. The molecule has 4 nitrogen and oxygen atoms in total. The fourth-order valence-corrected chi connectivity index (χ4v) is 4.00. The van der Waals surface area contributed by atoms with Crippen molar-refractivity contribution in [1.82, 2.24) is 10.2 Å². The quantitative estimate of drug-likeness (QED) is 0.848. The fourth-order valence-electron chi connectivity index (χ4n) is 4.00. The monoisotopic (exact) mass is 286 g/mol. The molecule has 4 rings (SSSR count). The Morgan fingerprint density at radius 3 is 3.05 bits per heavy atom. The molecule has 3 aliphatic heterocycles. The van der Waals surface area contributed by atoms with Crippen LogP contribution in [0.25, 0.3) is 0 Å². The summed E-state index contributed by atoms with van der Waals surface area (Å²) in [6, 6.07) is 8.20. The van der Waals surface area contributed by atoms with E-state index < -0.39 is 0 Å². The second kappa shape index (κ2) is 5.43. The van der Waals surface area contributed by atoms with Crippen molar-refractivity contribution < 1.29 is 9.53 Å². The maximum absolute atomic E-state index is 12.9. The van der Waals surface area contributed by atoms with Gasteiger partial charge in [-0.25, -0.2) is 0 Å². The van der Waals surface area contributed by atoms with Gasteiger partial charge >= 0.3 is 0 Å². The van der Waals surface area contributed by atoms with Crippen LogP contribution in [0.2, 0.25) is 0 Å². The van der Waals surface area contributed by atoms with Crippen LogP contribution in [0.15, 0.2) is 24.3 Å². The molecule has 2 saturated heterocycles. The number of ether oxygens (including phenoxy) is 1. The predicted octanol–water partition coefficient (Wildman–Crippen LogP) is 1.37. The number of hydrogen-bond donors (Lipinski definition) is 1. The van der Waals surface area contributed by atoms with Crippen LogP contribution in [0.3, 0.4) is 0 Å². The average Bonchev–Trinajstić information content (AvgIpc) is 3.01. The lowest BCUT2D eigenvalue weighted by atomic mass is 9.88. The number of carbonyl (C=O) groups excluding carboxylic acids is 1. The number of hydrogen-bond acceptors (Lipinski definition) is 3. The molecule has 0 bridgehead atoms. The zero-order valence-electron chi connectivity index (χ0n) is 12.3. The highest BCUT2D eigenvalue weighted by atomic mass is 16.5. The number of fused-ring (bicyclic) bond motifs is 2. The molecule has 3 atom stereocenters. The second-order valence-corrected chi connectivity index (χ2v) is 6.45. The molecule has 112 valence electrons. The predicted molar refractivity (Wildman–Crippen MR) is 79.9 cm³/mol. The summed E-state index contributed by atoms with van der Waals surface area (Å²) in [6.07, 6.45) is 1.65. The van der Waals surface area contributed by atoms with Gasteiger partial charge in [0.1, 0.15) is 0 Å². The molecule has 3 aliphatic rings. The largest absolute Gasteiger partial charge is 0.363 e. The van der Waals surface area contributed by atoms with Crippen molar-refractivity contribution in [3.63, 3.8) is 0 Å². The van der Waals surface area contributed by atoms with Crippen LogP contribution in [0, 0.1) is 11.8 Å². The molecule has 3 heterocycles. The number of piperidine rings is 1. The first kappa shape index (κ1) is 13.3. The molecule has 0 radical (unpaired) electrons. The Bertz CT molecular complexity index is 545. The molecule has 0 aromatic heterocycles. The van der Waals surface area contributed by atoms with Gasteiger partial charge in [0.05, 0.1) is 6.61 Å². The van der Waals surface area contributed by atoms with Crippen LogP contribution in [0.5, 0.6) is 0 Å². The molecule has 21 heavy (non-hydrogen) atoms. The lowest BCUT2D eigenvalue weighted by Crippen LogP contribution is -2.46. The van der Waals surface area contributed by atoms with Gasteiger partial charge in [0.25, 0.3) is 5.91 Å². The van der Waals surface area contributed by atoms with Gasteiger partial charge in [0.15, 0.2) is 6.10 Å². The summed E-state index contributed by atoms with van der Waals surface area (Å²) in [5.74, 6) is 1.54. The molecule has 1 N–H and O–H groups in total. The van der Waals surface area contributed by atoms with Crippen LogP contribution >= 0.6 is 0 Å². The van der Waals surface area contributed by atoms with Crippen molar-refractivity contribution in [2.45, 2.75) is 18.9 Å². The summed E-state index contributed by atoms with van der Waals surface area (Å²) < 4.78 is 5.82. The molecule has 0 aliphatic carbocycles. The van der Waals surface area contributed by atoms with Gasteiger partial charge < -0.3 is 15.0 Å². The lowest BCUT2D eigenvalue weighted by molar-refractivity contribution is -0.147. The van der Waals surface area contributed by atoms with Gasteiger partial charge in [-0.3, -0.25) is 4.79 Å². The number of benzene rings is 1. The van der Waals surface area contributed by atoms with E-state index in [9.17, 15) is 4.79 Å². The minimum absolute atomic E-state index is 0.160. The summed E-state index contributed by atoms with van der Waals surface area (Å²) in [5, 5.41) is 3.45. The van der Waals surface area contributed by atoms with Crippen LogP contribution in [0.1, 0.15) is 23.7 Å². The zero-order chi connectivity index (χ0) is 14.2. The molecular weight excluding hydrogens is 264 g/mol. The summed E-state index contributed by atoms with van der Waals surface area (Å²) in [7, 11) is 0. The first-order valence-electron chi connectivity index (χ1n) is 8.02. The maximum atomic E-state index is 12.9. The number of carbonyl (C=O) groups is 1. The summed E-state index contributed by atoms with van der Waals surface area (Å²) >= 11 is 0. The van der Waals surface area contributed by atoms with E-state index in [0.29, 0.717) is 12.5 Å². The van der Waals surface area contributed by atoms with E-state index in [4.69, 9.17) is 4.74 Å². The molecule has 4 heteroatoms. The molecule has 0 saturated carbocycles. The van der Waals surface area contributed by atoms with E-state index in [1.165, 1.54) is 5.56 Å². The van der Waals surface area contributed by atoms with Gasteiger partial charge in [-0.1, -0.05) is 24.3 Å². The Balaban J connectivity index is 1.53. The van der Waals surface area contributed by atoms with Gasteiger partial charge in [0.2, 0.25) is 0 Å². The van der Waals surface area contributed by atoms with Gasteiger partial charge in [-0.2, -0.15) is 0 Å². The summed E-state index contributed by atoms with van der Waals surface area (Å²) in [4.78, 5) is 14.9. The summed E-state index contributed by atoms with van der Waals surface area (Å²) in [5.41, 5.74) is 2.33. The van der Waals surface area contributed by atoms with E-state index in [0.717, 1.165) is 50.5 Å². The van der Waals surface area contributed by atoms with Crippen LogP contribution < -0.4 is 5.32 Å². The van der Waals surface area contributed by atoms with Crippen LogP contribution in [0.4, 0.5) is 0 Å². The number of likely N-dealkylation sites (tertiary alicyclic amines) is 1. The minimum Gasteiger partial charge on any atom is -0.363 e. The highest BCUT2D eigenvalue weighted by molar-refractivity contribution is 5.83. The molecular formula is C17H22N2O2. The highest BCUT2D eigenvalue weighted by Gasteiger charge is 2.38. The molecule has 0 spiro atoms. The zero-order valence-corrected chi connectivity index (χ0v) is 12.3. The molecule has 1 aromatic rings. The van der Waals surface area contributed by atoms with Crippen LogP contribution in [-0.2, 0) is 16.0 Å². The first-order valence-corrected chi connectivity index (χ1v) is 8.02. The maximum Gasteiger partial charge on any atom is 0.256 e. The normalized spacial score (nSPS) is 31.6. The van der Waals surface area contributed by atoms with Crippen LogP contribution in [-0.4, -0.2) is 43.6 Å². The Morgan fingerprint density at radius 1 is 1.24 bits per heavy atom. The van der Waals surface area contributed by atoms with Crippen molar-refractivity contribution >= 4 is 5.91 Å². The van der Waals surface area contributed by atoms with Gasteiger partial charge in [-0.05, 0) is 48.9 Å². The number of rotatable bonds is 1. The van der Waals surface area contributed by atoms with E-state index in [1.54, 1.807) is 0 Å². The Kier molecular flexibility index (Phi) is 3.43. The lowest BCUT2D eigenvalue weighted by Gasteiger charge is -2.37. The second-order valence-electron chi connectivity index (χ2n) is 6.45. The third-order valence-corrected chi connectivity index (χ3v) is 5.23. The first-order chi connectivity index (χ1) is 10.3. The highest BCUT2D eigenvalue weighted by Crippen LogP contribution is 2.32. The molecule has 1 amide bonds. The molecule has 2 fully saturated rings. The fraction of sp³-hybridized carbons (Fsp3) is 0.588. The van der Waals surface area contributed by atoms with E-state index in [2.05, 4.69) is 11.4 Å². The van der Waals surface area contributed by atoms with Crippen molar-refractivity contribution in [2.75, 3.05) is 32.8 Å². The number of nitrogens with zero attached hydrogens (tertiary/aromatic N) is 1. The van der Waals surface area contributed by atoms with Crippen molar-refractivity contribution in [2.24, 2.45) is 11.8 Å². The third-order valence-electron chi connectivity index (χ3n) is 5.23. The van der Waals surface area contributed by atoms with Gasteiger partial charge in [-0.15, -0.1) is 0 Å². The molecule has 1 aromatic carbocycles. The topological polar surface area (TPSA) is 41.6 Å². The molecule has 3 unspecified atom stereocenters. The van der Waals surface area contributed by atoms with Crippen molar-refractivity contribution in [3.8, 4) is 0 Å². The standard InChI is InChI=1S/C17H22N2O2/c20-17(19-7-5-13-9-18-10-14(13)11-19)16-15-4-2-1-3-12(15)6-8-21-16/h1-4,13-14,16,18H,5-11H2. The van der Waals surface area contributed by atoms with E-state index in [1.807, 2.05) is 23.1 Å². The SMILES string of the molecule is O=C(C1OCCc2ccccc21)N1CCC2CNCC2C1. The van der Waals surface area contributed by atoms with E-state index >= 15 is 0 Å². The van der Waals surface area contributed by atoms with Gasteiger partial charge in [0, 0.05) is 13.1 Å². The Hall–Kier alpha value is -1.39. The Morgan fingerprint density at radius 2 is 2.10 bits per heavy atom. The van der Waals surface area contributed by atoms with Crippen molar-refractivity contribution in [1.29, 1.82) is 0 Å². The smallest absolute Gasteiger partial charge is 0.256 e. The summed E-state index contributed by atoms with van der Waals surface area (Å²) in [6.45, 7) is 4.59. The average molecular weight is 286 g/mol. The van der Waals surface area contributed by atoms with Crippen molar-refractivity contribution in [3.05, 3.63) is 35.4 Å². The minimum atomic E-state index is -0.388. The van der Waals surface area contributed by atoms with E-state index in [-0.39, 0.29) is 12.0 Å².